The van der Waals surface area contributed by atoms with Gasteiger partial charge in [-0.1, -0.05) is 5.04 Å². The van der Waals surface area contributed by atoms with Crippen molar-refractivity contribution in [2.75, 3.05) is 0 Å². The molecule has 1 aliphatic rings. The lowest BCUT2D eigenvalue weighted by molar-refractivity contribution is -0.523. The molecule has 0 aromatic heterocycles. The Kier molecular flexibility index (Phi) is 1.85. The van der Waals surface area contributed by atoms with E-state index in [4.69, 9.17) is 4.65 Å². The maximum absolute atomic E-state index is 4.92. The zero-order valence-electron chi connectivity index (χ0n) is 4.79. The highest BCUT2D eigenvalue weighted by Gasteiger charge is 2.35. The van der Waals surface area contributed by atoms with Crippen LogP contribution in [0.2, 0.25) is 0 Å². The summed E-state index contributed by atoms with van der Waals surface area (Å²) in [4.78, 5) is 8.59. The molecule has 0 amide bonds. The van der Waals surface area contributed by atoms with E-state index in [9.17, 15) is 0 Å². The van der Waals surface area contributed by atoms with Crippen LogP contribution < -0.4 is 0 Å². The van der Waals surface area contributed by atoms with Gasteiger partial charge in [0.15, 0.2) is 0 Å². The molecule has 0 unspecified atom stereocenters. The van der Waals surface area contributed by atoms with Crippen molar-refractivity contribution in [3.63, 3.8) is 0 Å². The third kappa shape index (κ3) is 1.45. The summed E-state index contributed by atoms with van der Waals surface area (Å²) in [6.45, 7) is 3.76. The molecule has 5 heteroatoms. The van der Waals surface area contributed by atoms with E-state index in [-0.39, 0.29) is 6.10 Å². The van der Waals surface area contributed by atoms with Gasteiger partial charge in [0, 0.05) is 6.10 Å². The van der Waals surface area contributed by atoms with Crippen molar-refractivity contribution in [1.29, 1.82) is 0 Å². The van der Waals surface area contributed by atoms with Crippen LogP contribution in [0.3, 0.4) is 0 Å². The molecule has 1 aliphatic heterocycles. The van der Waals surface area contributed by atoms with E-state index >= 15 is 0 Å². The van der Waals surface area contributed by atoms with Gasteiger partial charge in [0.2, 0.25) is 0 Å². The fourth-order valence-electron chi connectivity index (χ4n) is 0.339. The topological polar surface area (TPSA) is 36.9 Å². The molecule has 0 atom stereocenters. The highest BCUT2D eigenvalue weighted by molar-refractivity contribution is 6.36. The van der Waals surface area contributed by atoms with Crippen molar-refractivity contribution in [1.82, 2.24) is 0 Å². The maximum atomic E-state index is 4.92. The van der Waals surface area contributed by atoms with Gasteiger partial charge in [-0.15, -0.1) is 0 Å². The molecule has 0 aromatic carbocycles. The van der Waals surface area contributed by atoms with E-state index in [1.54, 1.807) is 0 Å². The summed E-state index contributed by atoms with van der Waals surface area (Å²) in [5.74, 6) is 0. The summed E-state index contributed by atoms with van der Waals surface area (Å²) < 4.78 is 4.92. The van der Waals surface area contributed by atoms with Gasteiger partial charge in [0.1, 0.15) is 0 Å². The largest absolute Gasteiger partial charge is 0.701 e. The minimum Gasteiger partial charge on any atom is -0.381 e. The molecular weight excluding hydrogens is 111 g/mol. The summed E-state index contributed by atoms with van der Waals surface area (Å²) in [6, 6.07) is 0. The summed E-state index contributed by atoms with van der Waals surface area (Å²) in [6.07, 6.45) is 0.101. The second-order valence-corrected chi connectivity index (χ2v) is 1.73. The molecule has 0 N–H and O–H groups in total. The molecule has 1 rings (SSSR count). The standard InChI is InChI=1S/C3H7BO4/c1-3(2)5-4-6-8-7-4/h3H,1-2H3. The van der Waals surface area contributed by atoms with E-state index < -0.39 is 7.32 Å². The molecule has 0 radical (unpaired) electrons. The second-order valence-electron chi connectivity index (χ2n) is 1.73. The van der Waals surface area contributed by atoms with E-state index in [0.717, 1.165) is 0 Å². The van der Waals surface area contributed by atoms with Gasteiger partial charge in [0.05, 0.1) is 0 Å². The van der Waals surface area contributed by atoms with Gasteiger partial charge in [0.25, 0.3) is 0 Å². The maximum Gasteiger partial charge on any atom is 0.701 e. The van der Waals surface area contributed by atoms with Gasteiger partial charge < -0.3 is 4.65 Å². The minimum atomic E-state index is -0.616. The quantitative estimate of drug-likeness (QED) is 0.385. The molecule has 1 heterocycles. The highest BCUT2D eigenvalue weighted by Crippen LogP contribution is 2.07. The Balaban J connectivity index is 2.01. The van der Waals surface area contributed by atoms with Crippen LogP contribution in [0, 0.1) is 0 Å². The highest BCUT2D eigenvalue weighted by atomic mass is 17.6. The second kappa shape index (κ2) is 2.45. The molecule has 46 valence electrons. The zero-order chi connectivity index (χ0) is 5.98. The normalized spacial score (nSPS) is 19.1. The van der Waals surface area contributed by atoms with Crippen LogP contribution in [-0.4, -0.2) is 13.4 Å². The predicted molar refractivity (Wildman–Crippen MR) is 25.2 cm³/mol. The Bertz CT molecular complexity index is 71.7. The summed E-state index contributed by atoms with van der Waals surface area (Å²) in [5.41, 5.74) is 0. The molecular formula is C3H7BO4. The van der Waals surface area contributed by atoms with Crippen molar-refractivity contribution >= 4 is 7.32 Å². The van der Waals surface area contributed by atoms with E-state index in [1.807, 2.05) is 13.8 Å². The van der Waals surface area contributed by atoms with Crippen molar-refractivity contribution in [2.24, 2.45) is 0 Å². The average Bonchev–Trinajstić information content (AvgIpc) is 1.55. The molecule has 8 heavy (non-hydrogen) atoms. The van der Waals surface area contributed by atoms with Crippen LogP contribution in [-0.2, 0) is 19.3 Å². The van der Waals surface area contributed by atoms with E-state index in [0.29, 0.717) is 0 Å². The summed E-state index contributed by atoms with van der Waals surface area (Å²) >= 11 is 0. The first-order valence-corrected chi connectivity index (χ1v) is 2.43. The number of hydrogen-bond acceptors (Lipinski definition) is 4. The van der Waals surface area contributed by atoms with Crippen LogP contribution in [0.1, 0.15) is 13.8 Å². The Morgan fingerprint density at radius 3 is 2.12 bits per heavy atom. The molecule has 1 saturated heterocycles. The lowest BCUT2D eigenvalue weighted by atomic mass is 10.2. The lowest BCUT2D eigenvalue weighted by Crippen LogP contribution is -2.38. The van der Waals surface area contributed by atoms with Gasteiger partial charge in [-0.2, -0.15) is 0 Å². The Hall–Kier alpha value is -0.0951. The monoisotopic (exact) mass is 118 g/mol. The Morgan fingerprint density at radius 2 is 2.00 bits per heavy atom. The smallest absolute Gasteiger partial charge is 0.381 e. The first kappa shape index (κ1) is 6.03. The van der Waals surface area contributed by atoms with E-state index in [1.165, 1.54) is 0 Å². The Labute approximate surface area is 47.7 Å². The van der Waals surface area contributed by atoms with Gasteiger partial charge in [-0.05, 0) is 13.8 Å². The van der Waals surface area contributed by atoms with Crippen molar-refractivity contribution < 1.29 is 19.3 Å². The SMILES string of the molecule is CC(C)OB1OOO1. The average molecular weight is 118 g/mol. The molecule has 0 bridgehead atoms. The van der Waals surface area contributed by atoms with Gasteiger partial charge >= 0.3 is 7.32 Å². The minimum absolute atomic E-state index is 0.101. The predicted octanol–water partition coefficient (Wildman–Crippen LogP) is 0.290. The van der Waals surface area contributed by atoms with Gasteiger partial charge in [-0.3, -0.25) is 0 Å². The lowest BCUT2D eigenvalue weighted by Gasteiger charge is -2.19. The summed E-state index contributed by atoms with van der Waals surface area (Å²) in [7, 11) is -0.616. The summed E-state index contributed by atoms with van der Waals surface area (Å²) in [5, 5.41) is 3.91. The van der Waals surface area contributed by atoms with Crippen molar-refractivity contribution in [3.8, 4) is 0 Å². The van der Waals surface area contributed by atoms with E-state index in [2.05, 4.69) is 14.6 Å². The third-order valence-corrected chi connectivity index (χ3v) is 0.619. The van der Waals surface area contributed by atoms with Crippen LogP contribution in [0.15, 0.2) is 0 Å². The van der Waals surface area contributed by atoms with Crippen LogP contribution >= 0.6 is 0 Å². The Morgan fingerprint density at radius 1 is 1.38 bits per heavy atom. The molecule has 0 aromatic rings. The number of rotatable bonds is 2. The fourth-order valence-corrected chi connectivity index (χ4v) is 0.339. The molecule has 4 nitrogen and oxygen atoms in total. The molecule has 0 saturated carbocycles. The molecule has 0 aliphatic carbocycles. The first-order valence-electron chi connectivity index (χ1n) is 2.43. The van der Waals surface area contributed by atoms with Crippen LogP contribution in [0.25, 0.3) is 0 Å². The van der Waals surface area contributed by atoms with Crippen molar-refractivity contribution in [3.05, 3.63) is 0 Å². The van der Waals surface area contributed by atoms with Crippen LogP contribution in [0.5, 0.6) is 0 Å². The zero-order valence-corrected chi connectivity index (χ0v) is 4.79. The fraction of sp³-hybridized carbons (Fsp3) is 1.00. The van der Waals surface area contributed by atoms with Crippen molar-refractivity contribution in [2.45, 2.75) is 20.0 Å². The third-order valence-electron chi connectivity index (χ3n) is 0.619. The molecule has 0 spiro atoms. The molecule has 1 fully saturated rings. The van der Waals surface area contributed by atoms with Gasteiger partial charge in [-0.25, -0.2) is 9.61 Å². The van der Waals surface area contributed by atoms with Crippen LogP contribution in [0.4, 0.5) is 0 Å². The number of hydrogen-bond donors (Lipinski definition) is 0. The first-order chi connectivity index (χ1) is 3.79.